The van der Waals surface area contributed by atoms with Crippen molar-refractivity contribution in [1.29, 1.82) is 0 Å². The van der Waals surface area contributed by atoms with Gasteiger partial charge in [0.25, 0.3) is 0 Å². The van der Waals surface area contributed by atoms with Gasteiger partial charge in [0.05, 0.1) is 7.11 Å². The van der Waals surface area contributed by atoms with Gasteiger partial charge in [0.2, 0.25) is 0 Å². The van der Waals surface area contributed by atoms with Crippen LogP contribution in [0.15, 0.2) is 12.1 Å². The molecule has 1 aromatic rings. The minimum absolute atomic E-state index is 0.292. The Hall–Kier alpha value is -1.91. The second kappa shape index (κ2) is 5.23. The van der Waals surface area contributed by atoms with E-state index in [0.29, 0.717) is 12.1 Å². The Morgan fingerprint density at radius 1 is 1.20 bits per heavy atom. The van der Waals surface area contributed by atoms with Gasteiger partial charge in [0, 0.05) is 0 Å². The predicted octanol–water partition coefficient (Wildman–Crippen LogP) is 1.98. The van der Waals surface area contributed by atoms with Crippen molar-refractivity contribution in [3.05, 3.63) is 29.3 Å². The lowest BCUT2D eigenvalue weighted by molar-refractivity contribution is -0.0500. The SMILES string of the molecule is COC(=O)c1c(F)ccc(OS(=O)(=O)C(F)(F)F)c1F. The molecule has 0 heterocycles. The first-order valence-electron chi connectivity index (χ1n) is 4.58. The number of esters is 1. The molecule has 1 rings (SSSR count). The molecule has 0 fully saturated rings. The number of ether oxygens (including phenoxy) is 1. The van der Waals surface area contributed by atoms with Gasteiger partial charge in [-0.15, -0.1) is 0 Å². The van der Waals surface area contributed by atoms with Crippen LogP contribution in [0.1, 0.15) is 10.4 Å². The number of halogens is 5. The number of methoxy groups -OCH3 is 1. The van der Waals surface area contributed by atoms with Crippen molar-refractivity contribution < 1.29 is 44.1 Å². The molecule has 0 unspecified atom stereocenters. The quantitative estimate of drug-likeness (QED) is 0.369. The second-order valence-corrected chi connectivity index (χ2v) is 4.75. The summed E-state index contributed by atoms with van der Waals surface area (Å²) < 4.78 is 91.8. The highest BCUT2D eigenvalue weighted by atomic mass is 32.2. The summed E-state index contributed by atoms with van der Waals surface area (Å²) in [5.41, 5.74) is -7.18. The van der Waals surface area contributed by atoms with Gasteiger partial charge in [-0.3, -0.25) is 0 Å². The van der Waals surface area contributed by atoms with E-state index in [9.17, 15) is 35.2 Å². The van der Waals surface area contributed by atoms with Crippen LogP contribution in [-0.2, 0) is 14.9 Å². The largest absolute Gasteiger partial charge is 0.534 e. The van der Waals surface area contributed by atoms with Gasteiger partial charge in [-0.2, -0.15) is 21.6 Å². The molecule has 0 atom stereocenters. The van der Waals surface area contributed by atoms with E-state index in [1.165, 1.54) is 0 Å². The Morgan fingerprint density at radius 3 is 2.20 bits per heavy atom. The Bertz CT molecular complexity index is 637. The molecule has 0 radical (unpaired) electrons. The Kier molecular flexibility index (Phi) is 4.22. The number of hydrogen-bond donors (Lipinski definition) is 0. The fraction of sp³-hybridized carbons (Fsp3) is 0.222. The first-order valence-corrected chi connectivity index (χ1v) is 5.99. The lowest BCUT2D eigenvalue weighted by Crippen LogP contribution is -2.28. The Labute approximate surface area is 109 Å². The molecule has 0 aliphatic carbocycles. The molecule has 20 heavy (non-hydrogen) atoms. The first-order chi connectivity index (χ1) is 9.01. The van der Waals surface area contributed by atoms with Crippen molar-refractivity contribution in [1.82, 2.24) is 0 Å². The molecule has 112 valence electrons. The van der Waals surface area contributed by atoms with Gasteiger partial charge >= 0.3 is 21.6 Å². The molecule has 0 spiro atoms. The van der Waals surface area contributed by atoms with E-state index in [-0.39, 0.29) is 0 Å². The third kappa shape index (κ3) is 2.98. The van der Waals surface area contributed by atoms with Crippen LogP contribution >= 0.6 is 0 Å². The minimum atomic E-state index is -6.15. The van der Waals surface area contributed by atoms with Crippen LogP contribution in [-0.4, -0.2) is 27.0 Å². The molecule has 0 aliphatic rings. The molecule has 1 aromatic carbocycles. The Balaban J connectivity index is 3.34. The molecule has 11 heteroatoms. The lowest BCUT2D eigenvalue weighted by Gasteiger charge is -2.11. The highest BCUT2D eigenvalue weighted by Crippen LogP contribution is 2.30. The van der Waals surface area contributed by atoms with Crippen LogP contribution in [0.3, 0.4) is 0 Å². The van der Waals surface area contributed by atoms with Gasteiger partial charge < -0.3 is 8.92 Å². The van der Waals surface area contributed by atoms with Crippen molar-refractivity contribution in [2.45, 2.75) is 5.51 Å². The zero-order valence-corrected chi connectivity index (χ0v) is 10.3. The molecule has 0 saturated carbocycles. The summed E-state index contributed by atoms with van der Waals surface area (Å²) in [4.78, 5) is 11.0. The number of alkyl halides is 3. The van der Waals surface area contributed by atoms with Gasteiger partial charge in [-0.05, 0) is 12.1 Å². The fourth-order valence-corrected chi connectivity index (χ4v) is 1.51. The summed E-state index contributed by atoms with van der Waals surface area (Å²) in [5.74, 6) is -6.41. The summed E-state index contributed by atoms with van der Waals surface area (Å²) in [6, 6.07) is 0.650. The number of benzene rings is 1. The van der Waals surface area contributed by atoms with Crippen molar-refractivity contribution in [3.8, 4) is 5.75 Å². The lowest BCUT2D eigenvalue weighted by atomic mass is 10.2. The topological polar surface area (TPSA) is 69.7 Å². The molecule has 0 N–H and O–H groups in total. The number of carbonyl (C=O) groups excluding carboxylic acids is 1. The molecule has 0 aliphatic heterocycles. The van der Waals surface area contributed by atoms with E-state index in [1.807, 2.05) is 0 Å². The summed E-state index contributed by atoms with van der Waals surface area (Å²) in [7, 11) is -5.38. The average molecular weight is 320 g/mol. The summed E-state index contributed by atoms with van der Waals surface area (Å²) in [6.07, 6.45) is 0. The van der Waals surface area contributed by atoms with E-state index in [0.717, 1.165) is 7.11 Å². The average Bonchev–Trinajstić information content (AvgIpc) is 2.31. The molecule has 5 nitrogen and oxygen atoms in total. The van der Waals surface area contributed by atoms with Crippen LogP contribution < -0.4 is 4.18 Å². The van der Waals surface area contributed by atoms with E-state index in [1.54, 1.807) is 0 Å². The smallest absolute Gasteiger partial charge is 0.465 e. The number of rotatable bonds is 3. The zero-order chi connectivity index (χ0) is 15.7. The zero-order valence-electron chi connectivity index (χ0n) is 9.49. The van der Waals surface area contributed by atoms with Gasteiger partial charge in [-0.25, -0.2) is 13.6 Å². The maximum Gasteiger partial charge on any atom is 0.534 e. The van der Waals surface area contributed by atoms with Crippen molar-refractivity contribution in [2.75, 3.05) is 7.11 Å². The highest BCUT2D eigenvalue weighted by molar-refractivity contribution is 7.88. The number of carbonyl (C=O) groups is 1. The Morgan fingerprint density at radius 2 is 1.75 bits per heavy atom. The monoisotopic (exact) mass is 320 g/mol. The molecular formula is C9H5F5O5S. The van der Waals surface area contributed by atoms with Crippen molar-refractivity contribution in [2.24, 2.45) is 0 Å². The van der Waals surface area contributed by atoms with Crippen molar-refractivity contribution >= 4 is 16.1 Å². The van der Waals surface area contributed by atoms with Gasteiger partial charge in [0.1, 0.15) is 11.4 Å². The maximum absolute atomic E-state index is 13.6. The summed E-state index contributed by atoms with van der Waals surface area (Å²) in [6.45, 7) is 0. The second-order valence-electron chi connectivity index (χ2n) is 3.21. The van der Waals surface area contributed by atoms with Crippen molar-refractivity contribution in [3.63, 3.8) is 0 Å². The predicted molar refractivity (Wildman–Crippen MR) is 53.3 cm³/mol. The van der Waals surface area contributed by atoms with E-state index >= 15 is 0 Å². The highest BCUT2D eigenvalue weighted by Gasteiger charge is 2.49. The molecule has 0 amide bonds. The summed E-state index contributed by atoms with van der Waals surface area (Å²) in [5, 5.41) is 0. The number of hydrogen-bond acceptors (Lipinski definition) is 5. The fourth-order valence-electron chi connectivity index (χ4n) is 1.05. The summed E-state index contributed by atoms with van der Waals surface area (Å²) >= 11 is 0. The normalized spacial score (nSPS) is 12.1. The van der Waals surface area contributed by atoms with E-state index in [4.69, 9.17) is 0 Å². The third-order valence-electron chi connectivity index (χ3n) is 1.93. The molecule has 0 saturated heterocycles. The van der Waals surface area contributed by atoms with Gasteiger partial charge in [-0.1, -0.05) is 0 Å². The molecule has 0 bridgehead atoms. The minimum Gasteiger partial charge on any atom is -0.465 e. The maximum atomic E-state index is 13.6. The molecule has 0 aromatic heterocycles. The van der Waals surface area contributed by atoms with Crippen LogP contribution in [0.25, 0.3) is 0 Å². The van der Waals surface area contributed by atoms with Crippen LogP contribution in [0, 0.1) is 11.6 Å². The third-order valence-corrected chi connectivity index (χ3v) is 2.89. The van der Waals surface area contributed by atoms with E-state index in [2.05, 4.69) is 8.92 Å². The van der Waals surface area contributed by atoms with Gasteiger partial charge in [0.15, 0.2) is 11.6 Å². The van der Waals surface area contributed by atoms with E-state index < -0.39 is 44.5 Å². The first kappa shape index (κ1) is 16.1. The van der Waals surface area contributed by atoms with Crippen LogP contribution in [0.2, 0.25) is 0 Å². The van der Waals surface area contributed by atoms with Crippen LogP contribution in [0.5, 0.6) is 5.75 Å². The molecular weight excluding hydrogens is 315 g/mol. The standard InChI is InChI=1S/C9H5F5O5S/c1-18-8(15)6-4(10)2-3-5(7(6)11)19-20(16,17)9(12,13)14/h2-3H,1H3. The van der Waals surface area contributed by atoms with Crippen LogP contribution in [0.4, 0.5) is 22.0 Å².